The Labute approximate surface area is 171 Å². The van der Waals surface area contributed by atoms with Gasteiger partial charge in [0.05, 0.1) is 5.69 Å². The highest BCUT2D eigenvalue weighted by molar-refractivity contribution is 6.29. The monoisotopic (exact) mass is 412 g/mol. The van der Waals surface area contributed by atoms with Gasteiger partial charge in [0.25, 0.3) is 5.56 Å². The fraction of sp³-hybridized carbons (Fsp3) is 0.300. The Morgan fingerprint density at radius 3 is 2.76 bits per heavy atom. The number of nitrogens with one attached hydrogen (secondary N) is 1. The molecule has 4 rings (SSSR count). The van der Waals surface area contributed by atoms with Gasteiger partial charge in [-0.3, -0.25) is 19.4 Å². The maximum absolute atomic E-state index is 13.3. The first-order chi connectivity index (χ1) is 13.9. The number of imidazole rings is 1. The summed E-state index contributed by atoms with van der Waals surface area (Å²) >= 11 is 6.29. The van der Waals surface area contributed by atoms with E-state index in [2.05, 4.69) is 15.5 Å². The lowest BCUT2D eigenvalue weighted by atomic mass is 9.97. The Morgan fingerprint density at radius 1 is 1.24 bits per heavy atom. The average Bonchev–Trinajstić information content (AvgIpc) is 3.04. The van der Waals surface area contributed by atoms with Crippen LogP contribution in [0.25, 0.3) is 11.2 Å². The topological polar surface area (TPSA) is 86.2 Å². The molecule has 1 aromatic carbocycles. The first kappa shape index (κ1) is 19.2. The van der Waals surface area contributed by atoms with Gasteiger partial charge in [0, 0.05) is 32.3 Å². The number of rotatable bonds is 4. The van der Waals surface area contributed by atoms with Crippen LogP contribution in [0.5, 0.6) is 0 Å². The lowest BCUT2D eigenvalue weighted by molar-refractivity contribution is 0.581. The van der Waals surface area contributed by atoms with E-state index in [1.54, 1.807) is 17.8 Å². The Bertz CT molecular complexity index is 1280. The van der Waals surface area contributed by atoms with Crippen molar-refractivity contribution in [3.05, 3.63) is 67.6 Å². The Morgan fingerprint density at radius 2 is 2.00 bits per heavy atom. The highest BCUT2D eigenvalue weighted by Gasteiger charge is 2.23. The maximum atomic E-state index is 13.3. The molecular weight excluding hydrogens is 392 g/mol. The molecule has 0 spiro atoms. The normalized spacial score (nSPS) is 15.2. The van der Waals surface area contributed by atoms with Gasteiger partial charge in [0.1, 0.15) is 0 Å². The first-order valence-electron chi connectivity index (χ1n) is 9.25. The second-order valence-electron chi connectivity index (χ2n) is 7.29. The van der Waals surface area contributed by atoms with Crippen molar-refractivity contribution >= 4 is 34.7 Å². The van der Waals surface area contributed by atoms with E-state index in [0.29, 0.717) is 12.1 Å². The molecule has 0 saturated heterocycles. The predicted octanol–water partition coefficient (Wildman–Crippen LogP) is 2.71. The van der Waals surface area contributed by atoms with Crippen LogP contribution in [0.15, 0.2) is 50.6 Å². The molecule has 1 N–H and O–H groups in total. The number of para-hydroxylation sites is 1. The quantitative estimate of drug-likeness (QED) is 0.527. The fourth-order valence-corrected chi connectivity index (χ4v) is 3.72. The highest BCUT2D eigenvalue weighted by atomic mass is 35.5. The summed E-state index contributed by atoms with van der Waals surface area (Å²) in [6.45, 7) is 4.52. The molecular formula is C20H21ClN6O2. The zero-order valence-electron chi connectivity index (χ0n) is 16.4. The van der Waals surface area contributed by atoms with Crippen molar-refractivity contribution in [2.24, 2.45) is 12.1 Å². The van der Waals surface area contributed by atoms with E-state index < -0.39 is 11.2 Å². The van der Waals surface area contributed by atoms with E-state index in [1.165, 1.54) is 9.13 Å². The number of anilines is 1. The summed E-state index contributed by atoms with van der Waals surface area (Å²) in [4.78, 5) is 30.5. The standard InChI is InChI=1S/C20H21ClN6O2/c1-12(2)8-9-26-16-17(23-19(26)21)25(3)20(29)27(18(16)28)11-13-10-22-24-15-7-5-4-6-14(13)15/h4-8,10,13,24H,9,11H2,1-3H3. The Hall–Kier alpha value is -3.13. The van der Waals surface area contributed by atoms with Crippen LogP contribution in [0, 0.1) is 0 Å². The van der Waals surface area contributed by atoms with Crippen LogP contribution in [-0.2, 0) is 20.1 Å². The van der Waals surface area contributed by atoms with Gasteiger partial charge in [-0.15, -0.1) is 0 Å². The molecule has 0 saturated carbocycles. The van der Waals surface area contributed by atoms with Gasteiger partial charge in [0.15, 0.2) is 11.2 Å². The third kappa shape index (κ3) is 3.29. The molecule has 1 unspecified atom stereocenters. The average molecular weight is 413 g/mol. The summed E-state index contributed by atoms with van der Waals surface area (Å²) in [6, 6.07) is 7.70. The third-order valence-corrected chi connectivity index (χ3v) is 5.34. The van der Waals surface area contributed by atoms with Crippen molar-refractivity contribution in [2.45, 2.75) is 32.9 Å². The predicted molar refractivity (Wildman–Crippen MR) is 115 cm³/mol. The number of fused-ring (bicyclic) bond motifs is 2. The van der Waals surface area contributed by atoms with Crippen molar-refractivity contribution in [3.63, 3.8) is 0 Å². The molecule has 0 radical (unpaired) electrons. The molecule has 1 aliphatic heterocycles. The summed E-state index contributed by atoms with van der Waals surface area (Å²) in [7, 11) is 1.60. The molecule has 1 atom stereocenters. The molecule has 8 nitrogen and oxygen atoms in total. The lowest BCUT2D eigenvalue weighted by Crippen LogP contribution is -2.41. The summed E-state index contributed by atoms with van der Waals surface area (Å²) in [5.41, 5.74) is 5.64. The molecule has 150 valence electrons. The van der Waals surface area contributed by atoms with Gasteiger partial charge in [-0.25, -0.2) is 4.79 Å². The lowest BCUT2D eigenvalue weighted by Gasteiger charge is -2.21. The number of allylic oxidation sites excluding steroid dienone is 2. The molecule has 29 heavy (non-hydrogen) atoms. The summed E-state index contributed by atoms with van der Waals surface area (Å²) in [5, 5.41) is 4.34. The minimum absolute atomic E-state index is 0.176. The number of halogens is 1. The number of hydrogen-bond donors (Lipinski definition) is 1. The number of hydrogen-bond acceptors (Lipinski definition) is 5. The van der Waals surface area contributed by atoms with Gasteiger partial charge < -0.3 is 4.57 Å². The highest BCUT2D eigenvalue weighted by Crippen LogP contribution is 2.27. The van der Waals surface area contributed by atoms with Crippen LogP contribution in [0.3, 0.4) is 0 Å². The smallest absolute Gasteiger partial charge is 0.305 e. The van der Waals surface area contributed by atoms with Gasteiger partial charge >= 0.3 is 5.69 Å². The van der Waals surface area contributed by atoms with Crippen molar-refractivity contribution in [2.75, 3.05) is 5.43 Å². The molecule has 0 bridgehead atoms. The number of aromatic nitrogens is 4. The van der Waals surface area contributed by atoms with Crippen molar-refractivity contribution in [1.82, 2.24) is 18.7 Å². The summed E-state index contributed by atoms with van der Waals surface area (Å²) in [5.74, 6) is -0.208. The molecule has 2 aromatic heterocycles. The van der Waals surface area contributed by atoms with E-state index in [-0.39, 0.29) is 23.4 Å². The molecule has 0 amide bonds. The van der Waals surface area contributed by atoms with E-state index in [1.807, 2.05) is 44.2 Å². The molecule has 3 aromatic rings. The molecule has 0 fully saturated rings. The number of hydrazone groups is 1. The van der Waals surface area contributed by atoms with Crippen LogP contribution in [0.2, 0.25) is 5.28 Å². The zero-order valence-corrected chi connectivity index (χ0v) is 17.1. The SMILES string of the molecule is CC(C)=CCn1c(Cl)nc2c1c(=O)n(CC1C=NNc3ccccc31)c(=O)n2C. The Kier molecular flexibility index (Phi) is 4.87. The minimum atomic E-state index is -0.435. The van der Waals surface area contributed by atoms with E-state index in [9.17, 15) is 9.59 Å². The van der Waals surface area contributed by atoms with E-state index >= 15 is 0 Å². The first-order valence-corrected chi connectivity index (χ1v) is 9.63. The van der Waals surface area contributed by atoms with Crippen LogP contribution in [-0.4, -0.2) is 24.9 Å². The minimum Gasteiger partial charge on any atom is -0.305 e. The van der Waals surface area contributed by atoms with E-state index in [4.69, 9.17) is 11.6 Å². The second-order valence-corrected chi connectivity index (χ2v) is 7.62. The summed E-state index contributed by atoms with van der Waals surface area (Å²) < 4.78 is 4.23. The van der Waals surface area contributed by atoms with Gasteiger partial charge in [0.2, 0.25) is 5.28 Å². The van der Waals surface area contributed by atoms with Crippen molar-refractivity contribution in [1.29, 1.82) is 0 Å². The second kappa shape index (κ2) is 7.36. The van der Waals surface area contributed by atoms with Gasteiger partial charge in [-0.05, 0) is 37.1 Å². The van der Waals surface area contributed by atoms with Gasteiger partial charge in [-0.1, -0.05) is 29.8 Å². The van der Waals surface area contributed by atoms with Crippen LogP contribution in [0.4, 0.5) is 5.69 Å². The van der Waals surface area contributed by atoms with Crippen LogP contribution >= 0.6 is 11.6 Å². The molecule has 1 aliphatic rings. The van der Waals surface area contributed by atoms with Crippen LogP contribution < -0.4 is 16.7 Å². The molecule has 0 aliphatic carbocycles. The van der Waals surface area contributed by atoms with E-state index in [0.717, 1.165) is 16.8 Å². The maximum Gasteiger partial charge on any atom is 0.332 e. The number of aryl methyl sites for hydroxylation is 1. The third-order valence-electron chi connectivity index (χ3n) is 5.05. The molecule has 3 heterocycles. The zero-order chi connectivity index (χ0) is 20.7. The van der Waals surface area contributed by atoms with Crippen LogP contribution in [0.1, 0.15) is 25.3 Å². The molecule has 9 heteroatoms. The number of benzene rings is 1. The summed E-state index contributed by atoms with van der Waals surface area (Å²) in [6.07, 6.45) is 3.67. The largest absolute Gasteiger partial charge is 0.332 e. The fourth-order valence-electron chi connectivity index (χ4n) is 3.49. The van der Waals surface area contributed by atoms with Crippen molar-refractivity contribution in [3.8, 4) is 0 Å². The Balaban J connectivity index is 1.87. The number of nitrogens with zero attached hydrogens (tertiary/aromatic N) is 5. The van der Waals surface area contributed by atoms with Gasteiger partial charge in [-0.2, -0.15) is 10.1 Å². The van der Waals surface area contributed by atoms with Crippen molar-refractivity contribution < 1.29 is 0 Å².